The van der Waals surface area contributed by atoms with Crippen LogP contribution in [0.15, 0.2) is 12.5 Å². The van der Waals surface area contributed by atoms with Crippen molar-refractivity contribution in [3.05, 3.63) is 18.2 Å². The van der Waals surface area contributed by atoms with Crippen LogP contribution in [0.5, 0.6) is 0 Å². The Hall–Kier alpha value is -0.520. The highest BCUT2D eigenvalue weighted by Gasteiger charge is 2.22. The lowest BCUT2D eigenvalue weighted by molar-refractivity contribution is 0.216. The highest BCUT2D eigenvalue weighted by atomic mass is 32.2. The lowest BCUT2D eigenvalue weighted by Crippen LogP contribution is -2.40. The van der Waals surface area contributed by atoms with Gasteiger partial charge in [-0.05, 0) is 0 Å². The Morgan fingerprint density at radius 1 is 1.53 bits per heavy atom. The molecule has 1 aliphatic rings. The Bertz CT molecular complexity index is 306. The summed E-state index contributed by atoms with van der Waals surface area (Å²) in [6.45, 7) is 2.94. The van der Waals surface area contributed by atoms with Crippen LogP contribution in [0.1, 0.15) is 11.7 Å². The second-order valence-electron chi connectivity index (χ2n) is 3.83. The van der Waals surface area contributed by atoms with Crippen molar-refractivity contribution in [3.8, 4) is 0 Å². The third-order valence-corrected chi connectivity index (χ3v) is 3.85. The minimum atomic E-state index is 0.332. The third kappa shape index (κ3) is 2.35. The van der Waals surface area contributed by atoms with Crippen molar-refractivity contribution in [1.82, 2.24) is 14.5 Å². The molecule has 15 heavy (non-hydrogen) atoms. The summed E-state index contributed by atoms with van der Waals surface area (Å²) in [5, 5.41) is 0. The Kier molecular flexibility index (Phi) is 3.66. The second kappa shape index (κ2) is 5.01. The Morgan fingerprint density at radius 3 is 2.80 bits per heavy atom. The molecule has 2 rings (SSSR count). The molecule has 2 heterocycles. The zero-order chi connectivity index (χ0) is 10.7. The molecule has 1 unspecified atom stereocenters. The maximum Gasteiger partial charge on any atom is 0.0946 e. The van der Waals surface area contributed by atoms with Gasteiger partial charge in [-0.15, -0.1) is 0 Å². The summed E-state index contributed by atoms with van der Waals surface area (Å²) >= 11 is 2.02. The van der Waals surface area contributed by atoms with Crippen LogP contribution < -0.4 is 5.73 Å². The molecule has 1 fully saturated rings. The van der Waals surface area contributed by atoms with Gasteiger partial charge in [0, 0.05) is 44.4 Å². The maximum atomic E-state index is 5.87. The van der Waals surface area contributed by atoms with Gasteiger partial charge in [-0.1, -0.05) is 0 Å². The molecular weight excluding hydrogens is 208 g/mol. The number of imidazole rings is 1. The number of nitrogens with two attached hydrogens (primary N) is 1. The molecule has 0 aliphatic carbocycles. The highest BCUT2D eigenvalue weighted by molar-refractivity contribution is 7.99. The predicted octanol–water partition coefficient (Wildman–Crippen LogP) is 0.469. The van der Waals surface area contributed by atoms with E-state index in [0.717, 1.165) is 13.1 Å². The number of thioether (sulfide) groups is 1. The van der Waals surface area contributed by atoms with Gasteiger partial charge >= 0.3 is 0 Å². The first-order valence-corrected chi connectivity index (χ1v) is 6.46. The van der Waals surface area contributed by atoms with Crippen molar-refractivity contribution >= 4 is 11.8 Å². The van der Waals surface area contributed by atoms with Crippen LogP contribution in [0.3, 0.4) is 0 Å². The van der Waals surface area contributed by atoms with Gasteiger partial charge < -0.3 is 10.3 Å². The van der Waals surface area contributed by atoms with Crippen LogP contribution in [-0.4, -0.2) is 45.6 Å². The van der Waals surface area contributed by atoms with Crippen molar-refractivity contribution in [3.63, 3.8) is 0 Å². The Balaban J connectivity index is 2.12. The largest absolute Gasteiger partial charge is 0.336 e. The molecule has 0 amide bonds. The fraction of sp³-hybridized carbons (Fsp3) is 0.700. The van der Waals surface area contributed by atoms with Crippen LogP contribution >= 0.6 is 11.8 Å². The van der Waals surface area contributed by atoms with Crippen molar-refractivity contribution in [2.45, 2.75) is 6.04 Å². The van der Waals surface area contributed by atoms with E-state index in [4.69, 9.17) is 5.73 Å². The molecule has 1 aliphatic heterocycles. The molecule has 2 N–H and O–H groups in total. The highest BCUT2D eigenvalue weighted by Crippen LogP contribution is 2.22. The smallest absolute Gasteiger partial charge is 0.0946 e. The van der Waals surface area contributed by atoms with E-state index in [0.29, 0.717) is 12.6 Å². The van der Waals surface area contributed by atoms with E-state index in [9.17, 15) is 0 Å². The summed E-state index contributed by atoms with van der Waals surface area (Å²) in [6, 6.07) is 0.332. The molecule has 0 bridgehead atoms. The van der Waals surface area contributed by atoms with Gasteiger partial charge in [0.2, 0.25) is 0 Å². The fourth-order valence-electron chi connectivity index (χ4n) is 2.03. The minimum absolute atomic E-state index is 0.332. The van der Waals surface area contributed by atoms with Crippen molar-refractivity contribution < 1.29 is 0 Å². The van der Waals surface area contributed by atoms with E-state index in [1.807, 2.05) is 31.3 Å². The Labute approximate surface area is 94.8 Å². The first kappa shape index (κ1) is 11.0. The zero-order valence-electron chi connectivity index (χ0n) is 9.09. The average Bonchev–Trinajstić information content (AvgIpc) is 2.68. The molecule has 1 aromatic rings. The van der Waals surface area contributed by atoms with Gasteiger partial charge in [0.15, 0.2) is 0 Å². The van der Waals surface area contributed by atoms with Crippen LogP contribution in [0.4, 0.5) is 0 Å². The van der Waals surface area contributed by atoms with Crippen LogP contribution in [0.2, 0.25) is 0 Å². The van der Waals surface area contributed by atoms with Gasteiger partial charge in [-0.3, -0.25) is 4.90 Å². The quantitative estimate of drug-likeness (QED) is 0.814. The van der Waals surface area contributed by atoms with Crippen LogP contribution in [0.25, 0.3) is 0 Å². The van der Waals surface area contributed by atoms with Gasteiger partial charge in [-0.25, -0.2) is 4.98 Å². The zero-order valence-corrected chi connectivity index (χ0v) is 9.91. The topological polar surface area (TPSA) is 47.1 Å². The van der Waals surface area contributed by atoms with Gasteiger partial charge in [0.1, 0.15) is 0 Å². The summed E-state index contributed by atoms with van der Waals surface area (Å²) in [6.07, 6.45) is 3.77. The summed E-state index contributed by atoms with van der Waals surface area (Å²) in [4.78, 5) is 6.63. The molecule has 4 nitrogen and oxygen atoms in total. The van der Waals surface area contributed by atoms with E-state index < -0.39 is 0 Å². The molecule has 5 heteroatoms. The lowest BCUT2D eigenvalue weighted by atomic mass is 10.2. The predicted molar refractivity (Wildman–Crippen MR) is 63.9 cm³/mol. The van der Waals surface area contributed by atoms with E-state index in [-0.39, 0.29) is 0 Å². The average molecular weight is 226 g/mol. The molecule has 84 valence electrons. The van der Waals surface area contributed by atoms with E-state index >= 15 is 0 Å². The number of rotatable bonds is 3. The maximum absolute atomic E-state index is 5.87. The summed E-state index contributed by atoms with van der Waals surface area (Å²) in [7, 11) is 2.03. The van der Waals surface area contributed by atoms with E-state index in [1.165, 1.54) is 17.2 Å². The number of aryl methyl sites for hydroxylation is 1. The molecule has 1 atom stereocenters. The van der Waals surface area contributed by atoms with Crippen molar-refractivity contribution in [2.24, 2.45) is 12.8 Å². The fourth-order valence-corrected chi connectivity index (χ4v) is 2.97. The molecule has 1 aromatic heterocycles. The standard InChI is InChI=1S/C10H18N4S/c1-13-8-12-7-10(13)9(6-11)14-2-4-15-5-3-14/h7-9H,2-6,11H2,1H3. The number of nitrogens with zero attached hydrogens (tertiary/aromatic N) is 3. The number of hydrogen-bond acceptors (Lipinski definition) is 4. The van der Waals surface area contributed by atoms with Crippen LogP contribution in [-0.2, 0) is 7.05 Å². The minimum Gasteiger partial charge on any atom is -0.336 e. The Morgan fingerprint density at radius 2 is 2.27 bits per heavy atom. The van der Waals surface area contributed by atoms with Gasteiger partial charge in [0.25, 0.3) is 0 Å². The third-order valence-electron chi connectivity index (χ3n) is 2.91. The summed E-state index contributed by atoms with van der Waals surface area (Å²) in [5.74, 6) is 2.43. The molecule has 0 aromatic carbocycles. The summed E-state index contributed by atoms with van der Waals surface area (Å²) in [5.41, 5.74) is 7.10. The van der Waals surface area contributed by atoms with Crippen molar-refractivity contribution in [2.75, 3.05) is 31.1 Å². The molecular formula is C10H18N4S. The monoisotopic (exact) mass is 226 g/mol. The van der Waals surface area contributed by atoms with Gasteiger partial charge in [-0.2, -0.15) is 11.8 Å². The normalized spacial score (nSPS) is 20.4. The molecule has 0 spiro atoms. The first-order valence-electron chi connectivity index (χ1n) is 5.31. The molecule has 1 saturated heterocycles. The molecule has 0 saturated carbocycles. The summed E-state index contributed by atoms with van der Waals surface area (Å²) < 4.78 is 2.07. The number of hydrogen-bond donors (Lipinski definition) is 1. The van der Waals surface area contributed by atoms with Gasteiger partial charge in [0.05, 0.1) is 18.1 Å². The SMILES string of the molecule is Cn1cncc1C(CN)N1CCSCC1. The second-order valence-corrected chi connectivity index (χ2v) is 5.05. The molecule has 0 radical (unpaired) electrons. The van der Waals surface area contributed by atoms with E-state index in [2.05, 4.69) is 14.5 Å². The van der Waals surface area contributed by atoms with Crippen LogP contribution in [0, 0.1) is 0 Å². The first-order chi connectivity index (χ1) is 7.33. The lowest BCUT2D eigenvalue weighted by Gasteiger charge is -2.33. The van der Waals surface area contributed by atoms with Crippen molar-refractivity contribution in [1.29, 1.82) is 0 Å². The van der Waals surface area contributed by atoms with E-state index in [1.54, 1.807) is 0 Å². The number of aromatic nitrogens is 2.